The average Bonchev–Trinajstić information content (AvgIpc) is 3.47. The van der Waals surface area contributed by atoms with Crippen LogP contribution >= 0.6 is 0 Å². The third-order valence-corrected chi connectivity index (χ3v) is 9.73. The molecule has 0 N–H and O–H groups in total. The second kappa shape index (κ2) is 9.75. The molecule has 0 aliphatic carbocycles. The van der Waals surface area contributed by atoms with Gasteiger partial charge >= 0.3 is 0 Å². The van der Waals surface area contributed by atoms with Gasteiger partial charge in [-0.05, 0) is 83.1 Å². The Kier molecular flexibility index (Phi) is 5.37. The number of hydrogen-bond donors (Lipinski definition) is 0. The number of fused-ring (bicyclic) bond motifs is 7. The Morgan fingerprint density at radius 3 is 1.83 bits per heavy atom. The summed E-state index contributed by atoms with van der Waals surface area (Å²) in [6, 6.07) is 61.8. The minimum Gasteiger partial charge on any atom is -0.311 e. The fourth-order valence-electron chi connectivity index (χ4n) is 7.93. The topological polar surface area (TPSA) is 11.4 Å². The molecule has 3 heterocycles. The number of anilines is 6. The van der Waals surface area contributed by atoms with Crippen LogP contribution in [-0.4, -0.2) is 11.3 Å². The molecule has 0 amide bonds. The molecule has 0 unspecified atom stereocenters. The predicted molar refractivity (Wildman–Crippen MR) is 195 cm³/mol. The lowest BCUT2D eigenvalue weighted by atomic mass is 9.34. The van der Waals surface area contributed by atoms with Crippen LogP contribution in [0.3, 0.4) is 0 Å². The second-order valence-corrected chi connectivity index (χ2v) is 12.2. The standard InChI is InChI=1S/C42H28BN3/c1-4-14-29(15-5-1)44(30-16-6-2-7-17-30)32-26-27-35-40(28-32)45(31-18-8-3-9-19-31)38-24-13-25-39-41(38)43(35)36-22-12-21-34-33-20-10-11-23-37(33)46(39)42(34)36/h1-28H. The summed E-state index contributed by atoms with van der Waals surface area (Å²) in [5.41, 5.74) is 14.8. The Bertz CT molecular complexity index is 2390. The zero-order valence-electron chi connectivity index (χ0n) is 25.1. The fraction of sp³-hybridized carbons (Fsp3) is 0. The number of rotatable bonds is 4. The van der Waals surface area contributed by atoms with E-state index in [1.54, 1.807) is 0 Å². The molecule has 0 bridgehead atoms. The Labute approximate surface area is 268 Å². The third-order valence-electron chi connectivity index (χ3n) is 9.73. The van der Waals surface area contributed by atoms with Crippen LogP contribution in [-0.2, 0) is 0 Å². The first kappa shape index (κ1) is 25.3. The summed E-state index contributed by atoms with van der Waals surface area (Å²) in [5, 5.41) is 2.61. The highest BCUT2D eigenvalue weighted by atomic mass is 15.2. The van der Waals surface area contributed by atoms with Gasteiger partial charge < -0.3 is 14.4 Å². The van der Waals surface area contributed by atoms with E-state index in [2.05, 4.69) is 184 Å². The van der Waals surface area contributed by atoms with Gasteiger partial charge in [-0.15, -0.1) is 0 Å². The Hall–Kier alpha value is -6.00. The normalized spacial score (nSPS) is 12.7. The molecular formula is C42H28BN3. The van der Waals surface area contributed by atoms with Crippen LogP contribution in [0.15, 0.2) is 170 Å². The lowest BCUT2D eigenvalue weighted by molar-refractivity contribution is 1.18. The molecule has 0 radical (unpaired) electrons. The first-order chi connectivity index (χ1) is 22.9. The van der Waals surface area contributed by atoms with Crippen LogP contribution in [0.25, 0.3) is 27.5 Å². The van der Waals surface area contributed by atoms with Crippen LogP contribution < -0.4 is 26.2 Å². The van der Waals surface area contributed by atoms with Gasteiger partial charge in [0, 0.05) is 56.1 Å². The van der Waals surface area contributed by atoms with Crippen LogP contribution in [0.2, 0.25) is 0 Å². The van der Waals surface area contributed by atoms with Crippen molar-refractivity contribution in [1.82, 2.24) is 4.57 Å². The highest BCUT2D eigenvalue weighted by molar-refractivity contribution is 7.00. The van der Waals surface area contributed by atoms with Crippen molar-refractivity contribution in [3.8, 4) is 5.69 Å². The minimum atomic E-state index is 0.109. The van der Waals surface area contributed by atoms with E-state index in [1.807, 2.05) is 0 Å². The number of hydrogen-bond acceptors (Lipinski definition) is 2. The maximum Gasteiger partial charge on any atom is 0.252 e. The van der Waals surface area contributed by atoms with Gasteiger partial charge in [0.1, 0.15) is 0 Å². The van der Waals surface area contributed by atoms with Crippen molar-refractivity contribution in [2.45, 2.75) is 0 Å². The zero-order valence-corrected chi connectivity index (χ0v) is 25.1. The molecule has 7 aromatic carbocycles. The number of nitrogens with zero attached hydrogens (tertiary/aromatic N) is 3. The summed E-state index contributed by atoms with van der Waals surface area (Å²) in [6.07, 6.45) is 0. The number of para-hydroxylation sites is 5. The molecule has 0 fully saturated rings. The maximum absolute atomic E-state index is 2.50. The Morgan fingerprint density at radius 1 is 0.435 bits per heavy atom. The molecule has 3 nitrogen and oxygen atoms in total. The van der Waals surface area contributed by atoms with Crippen molar-refractivity contribution in [3.63, 3.8) is 0 Å². The first-order valence-electron chi connectivity index (χ1n) is 15.9. The molecule has 1 aromatic heterocycles. The molecule has 46 heavy (non-hydrogen) atoms. The first-order valence-corrected chi connectivity index (χ1v) is 15.9. The summed E-state index contributed by atoms with van der Waals surface area (Å²) >= 11 is 0. The van der Waals surface area contributed by atoms with Crippen molar-refractivity contribution in [2.75, 3.05) is 9.80 Å². The molecule has 2 aliphatic heterocycles. The molecule has 0 atom stereocenters. The molecule has 4 heteroatoms. The van der Waals surface area contributed by atoms with E-state index in [9.17, 15) is 0 Å². The largest absolute Gasteiger partial charge is 0.311 e. The molecule has 0 saturated heterocycles. The summed E-state index contributed by atoms with van der Waals surface area (Å²) in [4.78, 5) is 4.83. The van der Waals surface area contributed by atoms with E-state index in [0.29, 0.717) is 0 Å². The molecule has 2 aliphatic rings. The van der Waals surface area contributed by atoms with Crippen LogP contribution in [0.1, 0.15) is 0 Å². The van der Waals surface area contributed by atoms with Crippen LogP contribution in [0, 0.1) is 0 Å². The van der Waals surface area contributed by atoms with E-state index in [4.69, 9.17) is 0 Å². The van der Waals surface area contributed by atoms with E-state index >= 15 is 0 Å². The second-order valence-electron chi connectivity index (χ2n) is 12.2. The van der Waals surface area contributed by atoms with E-state index in [0.717, 1.165) is 22.7 Å². The van der Waals surface area contributed by atoms with Gasteiger partial charge in [0.15, 0.2) is 0 Å². The van der Waals surface area contributed by atoms with E-state index < -0.39 is 0 Å². The van der Waals surface area contributed by atoms with Crippen molar-refractivity contribution < 1.29 is 0 Å². The summed E-state index contributed by atoms with van der Waals surface area (Å²) < 4.78 is 2.50. The lowest BCUT2D eigenvalue weighted by Gasteiger charge is -2.41. The molecule has 8 aromatic rings. The van der Waals surface area contributed by atoms with Gasteiger partial charge in [0.25, 0.3) is 6.71 Å². The zero-order chi connectivity index (χ0) is 30.2. The lowest BCUT2D eigenvalue weighted by Crippen LogP contribution is -2.60. The van der Waals surface area contributed by atoms with Gasteiger partial charge in [-0.25, -0.2) is 0 Å². The number of benzene rings is 7. The Morgan fingerprint density at radius 2 is 1.07 bits per heavy atom. The molecule has 10 rings (SSSR count). The van der Waals surface area contributed by atoms with E-state index in [1.165, 1.54) is 55.3 Å². The van der Waals surface area contributed by atoms with Gasteiger partial charge in [0.2, 0.25) is 0 Å². The third kappa shape index (κ3) is 3.50. The summed E-state index contributed by atoms with van der Waals surface area (Å²) in [7, 11) is 0. The van der Waals surface area contributed by atoms with Crippen LogP contribution in [0.4, 0.5) is 34.1 Å². The highest BCUT2D eigenvalue weighted by Crippen LogP contribution is 2.43. The summed E-state index contributed by atoms with van der Waals surface area (Å²) in [5.74, 6) is 0. The van der Waals surface area contributed by atoms with Crippen LogP contribution in [0.5, 0.6) is 0 Å². The maximum atomic E-state index is 2.50. The van der Waals surface area contributed by atoms with Crippen molar-refractivity contribution >= 4 is 79.0 Å². The minimum absolute atomic E-state index is 0.109. The monoisotopic (exact) mass is 585 g/mol. The van der Waals surface area contributed by atoms with Gasteiger partial charge in [-0.3, -0.25) is 0 Å². The molecular weight excluding hydrogens is 557 g/mol. The summed E-state index contributed by atoms with van der Waals surface area (Å²) in [6.45, 7) is 0.109. The Balaban J connectivity index is 1.29. The fourth-order valence-corrected chi connectivity index (χ4v) is 7.93. The van der Waals surface area contributed by atoms with Gasteiger partial charge in [-0.1, -0.05) is 103 Å². The molecule has 0 spiro atoms. The van der Waals surface area contributed by atoms with Crippen molar-refractivity contribution in [1.29, 1.82) is 0 Å². The van der Waals surface area contributed by atoms with Crippen molar-refractivity contribution in [3.05, 3.63) is 170 Å². The smallest absolute Gasteiger partial charge is 0.252 e. The average molecular weight is 586 g/mol. The van der Waals surface area contributed by atoms with Gasteiger partial charge in [0.05, 0.1) is 5.52 Å². The quantitative estimate of drug-likeness (QED) is 0.191. The SMILES string of the molecule is c1ccc(N(c2ccccc2)c2ccc3c(c2)N(c2ccccc2)c2cccc4c2B3c2cccc3c5ccccc5n-4c23)cc1. The van der Waals surface area contributed by atoms with Gasteiger partial charge in [-0.2, -0.15) is 0 Å². The van der Waals surface area contributed by atoms with Crippen molar-refractivity contribution in [2.24, 2.45) is 0 Å². The molecule has 214 valence electrons. The van der Waals surface area contributed by atoms with E-state index in [-0.39, 0.29) is 6.71 Å². The number of aromatic nitrogens is 1. The molecule has 0 saturated carbocycles. The predicted octanol–water partition coefficient (Wildman–Crippen LogP) is 8.87. The highest BCUT2D eigenvalue weighted by Gasteiger charge is 2.42.